The fourth-order valence-electron chi connectivity index (χ4n) is 2.35. The number of alkyl halides is 2. The van der Waals surface area contributed by atoms with E-state index >= 15 is 0 Å². The van der Waals surface area contributed by atoms with E-state index in [0.717, 1.165) is 19.3 Å². The van der Waals surface area contributed by atoms with Crippen LogP contribution in [-0.2, 0) is 0 Å². The van der Waals surface area contributed by atoms with Gasteiger partial charge in [0.1, 0.15) is 12.7 Å². The molecule has 0 amide bonds. The quantitative estimate of drug-likeness (QED) is 0.862. The number of aromatic nitrogens is 3. The molecule has 0 spiro atoms. The Morgan fingerprint density at radius 3 is 2.65 bits per heavy atom. The van der Waals surface area contributed by atoms with Gasteiger partial charge in [-0.3, -0.25) is 0 Å². The molecule has 1 N–H and O–H groups in total. The van der Waals surface area contributed by atoms with Crippen LogP contribution >= 0.6 is 23.2 Å². The Bertz CT molecular complexity index is 349. The molecule has 0 saturated heterocycles. The molecule has 94 valence electrons. The maximum atomic E-state index is 6.38. The molecule has 4 nitrogen and oxygen atoms in total. The van der Waals surface area contributed by atoms with Crippen LogP contribution in [0.2, 0.25) is 0 Å². The number of hydrogen-bond acceptors (Lipinski definition) is 4. The second-order valence-electron chi connectivity index (χ2n) is 4.38. The van der Waals surface area contributed by atoms with Crippen LogP contribution in [0.5, 0.6) is 0 Å². The first kappa shape index (κ1) is 12.8. The van der Waals surface area contributed by atoms with Crippen LogP contribution in [-0.4, -0.2) is 31.7 Å². The summed E-state index contributed by atoms with van der Waals surface area (Å²) in [4.78, 5) is 11.9. The lowest BCUT2D eigenvalue weighted by Crippen LogP contribution is -2.44. The minimum atomic E-state index is 0.0213. The van der Waals surface area contributed by atoms with Gasteiger partial charge in [0, 0.05) is 11.4 Å². The zero-order chi connectivity index (χ0) is 12.3. The van der Waals surface area contributed by atoms with Crippen LogP contribution in [0.4, 0.5) is 5.95 Å². The first-order chi connectivity index (χ1) is 8.20. The molecule has 0 aliphatic heterocycles. The summed E-state index contributed by atoms with van der Waals surface area (Å²) >= 11 is 12.6. The average Bonchev–Trinajstić information content (AvgIpc) is 2.33. The van der Waals surface area contributed by atoms with Crippen molar-refractivity contribution >= 4 is 29.2 Å². The Hall–Kier alpha value is -0.610. The Balaban J connectivity index is 2.07. The third kappa shape index (κ3) is 3.19. The van der Waals surface area contributed by atoms with Crippen molar-refractivity contribution in [2.75, 3.05) is 5.32 Å². The lowest BCUT2D eigenvalue weighted by atomic mass is 9.82. The van der Waals surface area contributed by atoms with Crippen LogP contribution in [0.25, 0.3) is 0 Å². The van der Waals surface area contributed by atoms with Crippen LogP contribution in [0.1, 0.15) is 26.2 Å². The Morgan fingerprint density at radius 1 is 1.29 bits per heavy atom. The lowest BCUT2D eigenvalue weighted by molar-refractivity contribution is 0.325. The second kappa shape index (κ2) is 5.83. The molecular formula is C11H16Cl2N4. The largest absolute Gasteiger partial charge is 0.350 e. The zero-order valence-corrected chi connectivity index (χ0v) is 11.2. The van der Waals surface area contributed by atoms with Crippen molar-refractivity contribution in [3.63, 3.8) is 0 Å². The van der Waals surface area contributed by atoms with Crippen LogP contribution < -0.4 is 5.32 Å². The van der Waals surface area contributed by atoms with Gasteiger partial charge in [-0.2, -0.15) is 0 Å². The van der Waals surface area contributed by atoms with Gasteiger partial charge in [0.25, 0.3) is 0 Å². The monoisotopic (exact) mass is 274 g/mol. The van der Waals surface area contributed by atoms with Gasteiger partial charge in [0.05, 0.1) is 5.38 Å². The van der Waals surface area contributed by atoms with Crippen molar-refractivity contribution in [1.82, 2.24) is 15.0 Å². The molecule has 6 heteroatoms. The fraction of sp³-hybridized carbons (Fsp3) is 0.727. The molecule has 1 aromatic rings. The molecule has 1 aromatic heterocycles. The molecule has 1 fully saturated rings. The molecule has 4 atom stereocenters. The molecule has 1 aliphatic rings. The van der Waals surface area contributed by atoms with E-state index in [-0.39, 0.29) is 16.8 Å². The van der Waals surface area contributed by atoms with Crippen molar-refractivity contribution < 1.29 is 0 Å². The van der Waals surface area contributed by atoms with E-state index in [9.17, 15) is 0 Å². The highest BCUT2D eigenvalue weighted by Gasteiger charge is 2.35. The Labute approximate surface area is 111 Å². The first-order valence-corrected chi connectivity index (χ1v) is 6.74. The third-order valence-electron chi connectivity index (χ3n) is 3.25. The molecule has 0 radical (unpaired) electrons. The van der Waals surface area contributed by atoms with Crippen LogP contribution in [0.15, 0.2) is 12.7 Å². The van der Waals surface area contributed by atoms with Gasteiger partial charge in [0.2, 0.25) is 5.95 Å². The molecule has 17 heavy (non-hydrogen) atoms. The third-order valence-corrected chi connectivity index (χ3v) is 4.06. The van der Waals surface area contributed by atoms with E-state index in [4.69, 9.17) is 23.2 Å². The number of nitrogens with one attached hydrogen (secondary N) is 1. The van der Waals surface area contributed by atoms with Gasteiger partial charge in [-0.05, 0) is 18.8 Å². The SMILES string of the molecule is CCC1CC(Cl)CC(Cl)C1Nc1ncncn1. The van der Waals surface area contributed by atoms with Crippen molar-refractivity contribution in [3.05, 3.63) is 12.7 Å². The van der Waals surface area contributed by atoms with E-state index in [1.807, 2.05) is 0 Å². The molecule has 1 heterocycles. The van der Waals surface area contributed by atoms with Gasteiger partial charge in [-0.15, -0.1) is 23.2 Å². The maximum Gasteiger partial charge on any atom is 0.225 e. The summed E-state index contributed by atoms with van der Waals surface area (Å²) in [6.07, 6.45) is 5.82. The molecular weight excluding hydrogens is 259 g/mol. The fourth-order valence-corrected chi connectivity index (χ4v) is 3.35. The van der Waals surface area contributed by atoms with E-state index in [2.05, 4.69) is 27.2 Å². The standard InChI is InChI=1S/C11H16Cl2N4/c1-2-7-3-8(12)4-9(13)10(7)17-11-15-5-14-6-16-11/h5-10H,2-4H2,1H3,(H,14,15,16,17). The molecule has 4 unspecified atom stereocenters. The van der Waals surface area contributed by atoms with Gasteiger partial charge >= 0.3 is 0 Å². The highest BCUT2D eigenvalue weighted by Crippen LogP contribution is 2.34. The summed E-state index contributed by atoms with van der Waals surface area (Å²) in [6, 6.07) is 0.180. The van der Waals surface area contributed by atoms with Gasteiger partial charge in [-0.25, -0.2) is 15.0 Å². The van der Waals surface area contributed by atoms with Crippen LogP contribution in [0.3, 0.4) is 0 Å². The summed E-state index contributed by atoms with van der Waals surface area (Å²) in [5, 5.41) is 3.50. The molecule has 0 aromatic carbocycles. The van der Waals surface area contributed by atoms with E-state index < -0.39 is 0 Å². The number of nitrogens with zero attached hydrogens (tertiary/aromatic N) is 3. The average molecular weight is 275 g/mol. The highest BCUT2D eigenvalue weighted by molar-refractivity contribution is 6.24. The smallest absolute Gasteiger partial charge is 0.225 e. The van der Waals surface area contributed by atoms with Crippen molar-refractivity contribution in [2.24, 2.45) is 5.92 Å². The van der Waals surface area contributed by atoms with Crippen molar-refractivity contribution in [2.45, 2.75) is 43.0 Å². The molecule has 2 rings (SSSR count). The molecule has 0 bridgehead atoms. The summed E-state index contributed by atoms with van der Waals surface area (Å²) in [6.45, 7) is 2.16. The van der Waals surface area contributed by atoms with E-state index in [1.165, 1.54) is 12.7 Å². The van der Waals surface area contributed by atoms with Gasteiger partial charge < -0.3 is 5.32 Å². The predicted molar refractivity (Wildman–Crippen MR) is 69.5 cm³/mol. The van der Waals surface area contributed by atoms with E-state index in [0.29, 0.717) is 11.9 Å². The number of halogens is 2. The number of rotatable bonds is 3. The minimum Gasteiger partial charge on any atom is -0.350 e. The predicted octanol–water partition coefficient (Wildman–Crippen LogP) is 2.69. The van der Waals surface area contributed by atoms with Crippen molar-refractivity contribution in [1.29, 1.82) is 0 Å². The minimum absolute atomic E-state index is 0.0213. The normalized spacial score (nSPS) is 33.4. The number of hydrogen-bond donors (Lipinski definition) is 1. The molecule has 1 aliphatic carbocycles. The Morgan fingerprint density at radius 2 is 2.00 bits per heavy atom. The van der Waals surface area contributed by atoms with Crippen LogP contribution in [0, 0.1) is 5.92 Å². The summed E-state index contributed by atoms with van der Waals surface area (Å²) in [5.41, 5.74) is 0. The second-order valence-corrected chi connectivity index (χ2v) is 5.56. The first-order valence-electron chi connectivity index (χ1n) is 5.87. The highest BCUT2D eigenvalue weighted by atomic mass is 35.5. The van der Waals surface area contributed by atoms with E-state index in [1.54, 1.807) is 0 Å². The lowest BCUT2D eigenvalue weighted by Gasteiger charge is -2.37. The Kier molecular flexibility index (Phi) is 4.40. The summed E-state index contributed by atoms with van der Waals surface area (Å²) in [5.74, 6) is 1.05. The topological polar surface area (TPSA) is 50.7 Å². The molecule has 1 saturated carbocycles. The maximum absolute atomic E-state index is 6.38. The van der Waals surface area contributed by atoms with Gasteiger partial charge in [0.15, 0.2) is 0 Å². The zero-order valence-electron chi connectivity index (χ0n) is 9.68. The summed E-state index contributed by atoms with van der Waals surface area (Å²) < 4.78 is 0. The number of anilines is 1. The van der Waals surface area contributed by atoms with Gasteiger partial charge in [-0.1, -0.05) is 13.3 Å². The summed E-state index contributed by atoms with van der Waals surface area (Å²) in [7, 11) is 0. The van der Waals surface area contributed by atoms with Crippen molar-refractivity contribution in [3.8, 4) is 0 Å².